The molecule has 2 aromatic carbocycles. The third-order valence-electron chi connectivity index (χ3n) is 5.03. The predicted octanol–water partition coefficient (Wildman–Crippen LogP) is 5.15. The van der Waals surface area contributed by atoms with E-state index in [0.717, 1.165) is 19.4 Å². The molecule has 0 saturated heterocycles. The summed E-state index contributed by atoms with van der Waals surface area (Å²) >= 11 is 0. The van der Waals surface area contributed by atoms with E-state index in [0.29, 0.717) is 22.4 Å². The number of para-hydroxylation sites is 1. The van der Waals surface area contributed by atoms with Crippen LogP contribution in [0.3, 0.4) is 0 Å². The van der Waals surface area contributed by atoms with Crippen molar-refractivity contribution in [1.82, 2.24) is 14.9 Å². The molecule has 0 aliphatic carbocycles. The summed E-state index contributed by atoms with van der Waals surface area (Å²) in [6.07, 6.45) is 5.52. The summed E-state index contributed by atoms with van der Waals surface area (Å²) in [4.78, 5) is 18.1. The van der Waals surface area contributed by atoms with Crippen LogP contribution in [-0.4, -0.2) is 16.1 Å². The number of benzene rings is 2. The number of halogens is 1. The second-order valence-corrected chi connectivity index (χ2v) is 7.08. The average Bonchev–Trinajstić information content (AvgIpc) is 2.72. The molecule has 0 unspecified atom stereocenters. The Morgan fingerprint density at radius 1 is 1.04 bits per heavy atom. The summed E-state index contributed by atoms with van der Waals surface area (Å²) < 4.78 is 15.1. The van der Waals surface area contributed by atoms with Crippen LogP contribution in [0.1, 0.15) is 57.8 Å². The zero-order valence-electron chi connectivity index (χ0n) is 16.6. The molecule has 3 aromatic rings. The number of nitrogens with one attached hydrogen (secondary N) is 1. The minimum Gasteiger partial charge on any atom is -0.307 e. The van der Waals surface area contributed by atoms with Crippen molar-refractivity contribution in [2.75, 3.05) is 6.54 Å². The van der Waals surface area contributed by atoms with Crippen LogP contribution in [0, 0.1) is 5.82 Å². The lowest BCUT2D eigenvalue weighted by Gasteiger charge is -2.22. The smallest absolute Gasteiger partial charge is 0.266 e. The number of hydrogen-bond acceptors (Lipinski definition) is 3. The van der Waals surface area contributed by atoms with Gasteiger partial charge in [0.1, 0.15) is 11.6 Å². The highest BCUT2D eigenvalue weighted by Crippen LogP contribution is 2.20. The molecule has 0 radical (unpaired) electrons. The molecule has 1 atom stereocenters. The summed E-state index contributed by atoms with van der Waals surface area (Å²) in [5, 5.41) is 4.13. The van der Waals surface area contributed by atoms with Gasteiger partial charge in [-0.25, -0.2) is 9.37 Å². The topological polar surface area (TPSA) is 46.9 Å². The first-order valence-corrected chi connectivity index (χ1v) is 10.2. The monoisotopic (exact) mass is 381 g/mol. The maximum atomic E-state index is 13.4. The average molecular weight is 381 g/mol. The number of nitrogens with zero attached hydrogens (tertiary/aromatic N) is 2. The first kappa shape index (κ1) is 20.2. The minimum atomic E-state index is -0.326. The molecule has 0 saturated carbocycles. The van der Waals surface area contributed by atoms with Gasteiger partial charge in [0.15, 0.2) is 0 Å². The van der Waals surface area contributed by atoms with Crippen molar-refractivity contribution in [3.63, 3.8) is 0 Å². The van der Waals surface area contributed by atoms with Crippen molar-refractivity contribution >= 4 is 10.9 Å². The van der Waals surface area contributed by atoms with E-state index in [4.69, 9.17) is 4.98 Å². The lowest BCUT2D eigenvalue weighted by atomic mass is 10.1. The van der Waals surface area contributed by atoms with Gasteiger partial charge in [-0.3, -0.25) is 9.36 Å². The van der Waals surface area contributed by atoms with Crippen LogP contribution in [0.2, 0.25) is 0 Å². The van der Waals surface area contributed by atoms with Crippen molar-refractivity contribution < 1.29 is 4.39 Å². The number of rotatable bonds is 9. The van der Waals surface area contributed by atoms with Gasteiger partial charge in [0.25, 0.3) is 5.56 Å². The summed E-state index contributed by atoms with van der Waals surface area (Å²) in [7, 11) is 0. The largest absolute Gasteiger partial charge is 0.307 e. The molecular weight excluding hydrogens is 353 g/mol. The second kappa shape index (κ2) is 9.60. The van der Waals surface area contributed by atoms with Crippen molar-refractivity contribution in [3.05, 3.63) is 70.5 Å². The number of aromatic nitrogens is 2. The molecule has 1 heterocycles. The van der Waals surface area contributed by atoms with Crippen LogP contribution in [-0.2, 0) is 0 Å². The van der Waals surface area contributed by atoms with Gasteiger partial charge in [-0.05, 0) is 55.8 Å². The van der Waals surface area contributed by atoms with E-state index >= 15 is 0 Å². The fraction of sp³-hybridized carbons (Fsp3) is 0.391. The Hall–Kier alpha value is -2.53. The second-order valence-electron chi connectivity index (χ2n) is 7.08. The third kappa shape index (κ3) is 4.47. The molecule has 5 heteroatoms. The van der Waals surface area contributed by atoms with Gasteiger partial charge in [0.2, 0.25) is 0 Å². The van der Waals surface area contributed by atoms with Gasteiger partial charge in [-0.1, -0.05) is 45.2 Å². The Bertz CT molecular complexity index is 966. The van der Waals surface area contributed by atoms with E-state index in [1.165, 1.54) is 31.4 Å². The van der Waals surface area contributed by atoms with E-state index < -0.39 is 0 Å². The van der Waals surface area contributed by atoms with E-state index in [2.05, 4.69) is 19.2 Å². The molecule has 0 aliphatic rings. The van der Waals surface area contributed by atoms with Crippen LogP contribution in [0.5, 0.6) is 0 Å². The Labute approximate surface area is 165 Å². The third-order valence-corrected chi connectivity index (χ3v) is 5.03. The van der Waals surface area contributed by atoms with Crippen LogP contribution >= 0.6 is 0 Å². The highest BCUT2D eigenvalue weighted by Gasteiger charge is 2.19. The molecule has 0 fully saturated rings. The predicted molar refractivity (Wildman–Crippen MR) is 112 cm³/mol. The molecule has 1 N–H and O–H groups in total. The van der Waals surface area contributed by atoms with E-state index in [-0.39, 0.29) is 17.4 Å². The molecular formula is C23H28FN3O. The van der Waals surface area contributed by atoms with Gasteiger partial charge in [0, 0.05) is 0 Å². The van der Waals surface area contributed by atoms with Gasteiger partial charge >= 0.3 is 0 Å². The van der Waals surface area contributed by atoms with Crippen LogP contribution < -0.4 is 10.9 Å². The lowest BCUT2D eigenvalue weighted by Crippen LogP contribution is -2.31. The maximum Gasteiger partial charge on any atom is 0.266 e. The van der Waals surface area contributed by atoms with Crippen molar-refractivity contribution in [2.45, 2.75) is 52.0 Å². The van der Waals surface area contributed by atoms with Gasteiger partial charge in [0.05, 0.1) is 22.6 Å². The molecule has 1 aromatic heterocycles. The number of fused-ring (bicyclic) bond motifs is 1. The van der Waals surface area contributed by atoms with Crippen molar-refractivity contribution in [3.8, 4) is 5.69 Å². The quantitative estimate of drug-likeness (QED) is 0.522. The van der Waals surface area contributed by atoms with Crippen molar-refractivity contribution in [2.24, 2.45) is 0 Å². The summed E-state index contributed by atoms with van der Waals surface area (Å²) in [6.45, 7) is 5.16. The zero-order valence-corrected chi connectivity index (χ0v) is 16.6. The van der Waals surface area contributed by atoms with Crippen LogP contribution in [0.15, 0.2) is 53.3 Å². The highest BCUT2D eigenvalue weighted by molar-refractivity contribution is 5.77. The molecule has 0 aliphatic heterocycles. The molecule has 4 nitrogen and oxygen atoms in total. The lowest BCUT2D eigenvalue weighted by molar-refractivity contribution is 0.469. The standard InChI is InChI=1S/C23H28FN3O/c1-3-5-6-9-16-25-20(4-2)22-26-21-11-8-7-10-19(21)23(28)27(22)18-14-12-17(24)13-15-18/h7-8,10-15,20,25H,3-6,9,16H2,1-2H3/t20-/m1/s1. The SMILES string of the molecule is CCCCCCN[C@H](CC)c1nc2ccccc2c(=O)n1-c1ccc(F)cc1. The molecule has 0 amide bonds. The highest BCUT2D eigenvalue weighted by atomic mass is 19.1. The van der Waals surface area contributed by atoms with E-state index in [1.807, 2.05) is 18.2 Å². The number of hydrogen-bond donors (Lipinski definition) is 1. The van der Waals surface area contributed by atoms with E-state index in [1.54, 1.807) is 22.8 Å². The Morgan fingerprint density at radius 3 is 2.50 bits per heavy atom. The van der Waals surface area contributed by atoms with Gasteiger partial charge in [-0.15, -0.1) is 0 Å². The summed E-state index contributed by atoms with van der Waals surface area (Å²) in [5.74, 6) is 0.349. The molecule has 148 valence electrons. The zero-order chi connectivity index (χ0) is 19.9. The first-order valence-electron chi connectivity index (χ1n) is 10.2. The molecule has 3 rings (SSSR count). The van der Waals surface area contributed by atoms with Crippen LogP contribution in [0.25, 0.3) is 16.6 Å². The van der Waals surface area contributed by atoms with Crippen molar-refractivity contribution in [1.29, 1.82) is 0 Å². The Morgan fingerprint density at radius 2 is 1.79 bits per heavy atom. The summed E-state index contributed by atoms with van der Waals surface area (Å²) in [5.41, 5.74) is 1.19. The fourth-order valence-corrected chi connectivity index (χ4v) is 3.47. The molecule has 0 spiro atoms. The Kier molecular flexibility index (Phi) is 6.93. The minimum absolute atomic E-state index is 0.0519. The molecule has 0 bridgehead atoms. The normalized spacial score (nSPS) is 12.4. The van der Waals surface area contributed by atoms with Crippen LogP contribution in [0.4, 0.5) is 4.39 Å². The van der Waals surface area contributed by atoms with Gasteiger partial charge in [-0.2, -0.15) is 0 Å². The van der Waals surface area contributed by atoms with E-state index in [9.17, 15) is 9.18 Å². The fourth-order valence-electron chi connectivity index (χ4n) is 3.47. The summed E-state index contributed by atoms with van der Waals surface area (Å²) in [6, 6.07) is 13.3. The maximum absolute atomic E-state index is 13.4. The Balaban J connectivity index is 2.04. The first-order chi connectivity index (χ1) is 13.7. The number of unbranched alkanes of at least 4 members (excludes halogenated alkanes) is 3. The van der Waals surface area contributed by atoms with Gasteiger partial charge < -0.3 is 5.32 Å². The molecule has 28 heavy (non-hydrogen) atoms.